The zero-order valence-electron chi connectivity index (χ0n) is 10.4. The average molecular weight is 252 g/mol. The van der Waals surface area contributed by atoms with Crippen molar-refractivity contribution in [1.29, 1.82) is 0 Å². The second kappa shape index (κ2) is 6.65. The predicted octanol–water partition coefficient (Wildman–Crippen LogP) is -0.257. The maximum absolute atomic E-state index is 11.1. The minimum atomic E-state index is -1.05. The van der Waals surface area contributed by atoms with Crippen LogP contribution in [0.1, 0.15) is 22.5 Å². The van der Waals surface area contributed by atoms with Gasteiger partial charge in [-0.15, -0.1) is 0 Å². The molecule has 0 bridgehead atoms. The van der Waals surface area contributed by atoms with E-state index in [1.165, 1.54) is 12.5 Å². The van der Waals surface area contributed by atoms with E-state index >= 15 is 0 Å². The Labute approximate surface area is 105 Å². The van der Waals surface area contributed by atoms with Gasteiger partial charge in [0, 0.05) is 32.8 Å². The molecule has 0 aromatic carbocycles. The first-order valence-electron chi connectivity index (χ1n) is 5.46. The smallest absolute Gasteiger partial charge is 0.339 e. The van der Waals surface area contributed by atoms with E-state index in [-0.39, 0.29) is 11.5 Å². The van der Waals surface area contributed by atoms with E-state index in [1.54, 1.807) is 14.1 Å². The number of aromatic carboxylic acids is 1. The van der Waals surface area contributed by atoms with Crippen LogP contribution in [0.5, 0.6) is 0 Å². The van der Waals surface area contributed by atoms with E-state index in [2.05, 4.69) is 15.3 Å². The third kappa shape index (κ3) is 4.10. The molecule has 0 aliphatic carbocycles. The summed E-state index contributed by atoms with van der Waals surface area (Å²) in [6, 6.07) is 0. The normalized spacial score (nSPS) is 10.4. The molecule has 1 amide bonds. The van der Waals surface area contributed by atoms with Crippen LogP contribution in [0.2, 0.25) is 0 Å². The molecule has 7 heteroatoms. The maximum Gasteiger partial charge on any atom is 0.339 e. The first-order valence-corrected chi connectivity index (χ1v) is 5.46. The van der Waals surface area contributed by atoms with Crippen LogP contribution in [0.25, 0.3) is 0 Å². The fourth-order valence-corrected chi connectivity index (χ4v) is 1.41. The molecule has 2 N–H and O–H groups in total. The van der Waals surface area contributed by atoms with Gasteiger partial charge in [0.1, 0.15) is 11.9 Å². The van der Waals surface area contributed by atoms with Gasteiger partial charge in [0.2, 0.25) is 5.91 Å². The Morgan fingerprint density at radius 2 is 2.22 bits per heavy atom. The van der Waals surface area contributed by atoms with Crippen molar-refractivity contribution >= 4 is 11.9 Å². The maximum atomic E-state index is 11.1. The highest BCUT2D eigenvalue weighted by Gasteiger charge is 2.13. The number of carboxylic acids is 1. The lowest BCUT2D eigenvalue weighted by Gasteiger charge is -2.16. The van der Waals surface area contributed by atoms with E-state index in [0.717, 1.165) is 0 Å². The van der Waals surface area contributed by atoms with E-state index in [1.807, 2.05) is 4.90 Å². The molecule has 0 fully saturated rings. The number of hydrogen-bond donors (Lipinski definition) is 2. The SMILES string of the molecule is CNC(=O)CCN(C)Cc1ncncc1C(=O)O. The summed E-state index contributed by atoms with van der Waals surface area (Å²) >= 11 is 0. The molecule has 0 atom stereocenters. The first-order chi connectivity index (χ1) is 8.54. The molecular formula is C11H16N4O3. The molecule has 1 heterocycles. The molecule has 18 heavy (non-hydrogen) atoms. The van der Waals surface area contributed by atoms with Crippen molar-refractivity contribution in [3.63, 3.8) is 0 Å². The highest BCUT2D eigenvalue weighted by atomic mass is 16.4. The molecule has 1 aromatic heterocycles. The fraction of sp³-hybridized carbons (Fsp3) is 0.455. The van der Waals surface area contributed by atoms with Crippen LogP contribution >= 0.6 is 0 Å². The molecule has 0 saturated heterocycles. The summed E-state index contributed by atoms with van der Waals surface area (Å²) in [5.74, 6) is -1.10. The first kappa shape index (κ1) is 14.0. The van der Waals surface area contributed by atoms with Gasteiger partial charge in [-0.1, -0.05) is 0 Å². The van der Waals surface area contributed by atoms with Gasteiger partial charge in [0.05, 0.1) is 5.69 Å². The Bertz CT molecular complexity index is 436. The van der Waals surface area contributed by atoms with Crippen LogP contribution in [0.3, 0.4) is 0 Å². The lowest BCUT2D eigenvalue weighted by atomic mass is 10.2. The minimum Gasteiger partial charge on any atom is -0.478 e. The zero-order valence-corrected chi connectivity index (χ0v) is 10.4. The van der Waals surface area contributed by atoms with Gasteiger partial charge < -0.3 is 15.3 Å². The molecule has 0 saturated carbocycles. The second-order valence-electron chi connectivity index (χ2n) is 3.85. The standard InChI is InChI=1S/C11H16N4O3/c1-12-10(16)3-4-15(2)6-9-8(11(17)18)5-13-7-14-9/h5,7H,3-4,6H2,1-2H3,(H,12,16)(H,17,18). The Balaban J connectivity index is 2.61. The minimum absolute atomic E-state index is 0.0528. The van der Waals surface area contributed by atoms with Crippen molar-refractivity contribution in [2.75, 3.05) is 20.6 Å². The van der Waals surface area contributed by atoms with Crippen LogP contribution in [-0.2, 0) is 11.3 Å². The molecule has 0 radical (unpaired) electrons. The average Bonchev–Trinajstić information content (AvgIpc) is 2.36. The summed E-state index contributed by atoms with van der Waals surface area (Å²) in [4.78, 5) is 31.5. The third-order valence-electron chi connectivity index (χ3n) is 2.44. The van der Waals surface area contributed by atoms with Gasteiger partial charge in [-0.2, -0.15) is 0 Å². The van der Waals surface area contributed by atoms with Gasteiger partial charge in [-0.05, 0) is 7.05 Å². The lowest BCUT2D eigenvalue weighted by Crippen LogP contribution is -2.27. The van der Waals surface area contributed by atoms with Crippen molar-refractivity contribution in [2.45, 2.75) is 13.0 Å². The number of hydrogen-bond acceptors (Lipinski definition) is 5. The van der Waals surface area contributed by atoms with Crippen LogP contribution in [0.4, 0.5) is 0 Å². The fourth-order valence-electron chi connectivity index (χ4n) is 1.41. The van der Waals surface area contributed by atoms with Crippen molar-refractivity contribution in [3.8, 4) is 0 Å². The summed E-state index contributed by atoms with van der Waals surface area (Å²) in [6.07, 6.45) is 2.95. The van der Waals surface area contributed by atoms with Crippen molar-refractivity contribution in [3.05, 3.63) is 23.8 Å². The highest BCUT2D eigenvalue weighted by molar-refractivity contribution is 5.88. The summed E-state index contributed by atoms with van der Waals surface area (Å²) in [7, 11) is 3.38. The molecule has 1 aromatic rings. The summed E-state index contributed by atoms with van der Waals surface area (Å²) in [5.41, 5.74) is 0.529. The van der Waals surface area contributed by atoms with Gasteiger partial charge in [-0.25, -0.2) is 14.8 Å². The van der Waals surface area contributed by atoms with Crippen LogP contribution < -0.4 is 5.32 Å². The largest absolute Gasteiger partial charge is 0.478 e. The van der Waals surface area contributed by atoms with Crippen LogP contribution in [0.15, 0.2) is 12.5 Å². The predicted molar refractivity (Wildman–Crippen MR) is 64.0 cm³/mol. The molecule has 0 spiro atoms. The highest BCUT2D eigenvalue weighted by Crippen LogP contribution is 2.06. The van der Waals surface area contributed by atoms with Gasteiger partial charge in [0.15, 0.2) is 0 Å². The quantitative estimate of drug-likeness (QED) is 0.724. The van der Waals surface area contributed by atoms with Gasteiger partial charge in [-0.3, -0.25) is 4.79 Å². The molecule has 0 aliphatic heterocycles. The lowest BCUT2D eigenvalue weighted by molar-refractivity contribution is -0.120. The van der Waals surface area contributed by atoms with Crippen molar-refractivity contribution < 1.29 is 14.7 Å². The third-order valence-corrected chi connectivity index (χ3v) is 2.44. The molecule has 1 rings (SSSR count). The Kier molecular flexibility index (Phi) is 5.19. The number of nitrogens with one attached hydrogen (secondary N) is 1. The number of aromatic nitrogens is 2. The Morgan fingerprint density at radius 1 is 1.50 bits per heavy atom. The van der Waals surface area contributed by atoms with E-state index in [9.17, 15) is 9.59 Å². The molecule has 0 aliphatic rings. The van der Waals surface area contributed by atoms with Crippen LogP contribution in [0, 0.1) is 0 Å². The van der Waals surface area contributed by atoms with Crippen LogP contribution in [-0.4, -0.2) is 52.5 Å². The number of rotatable bonds is 6. The van der Waals surface area contributed by atoms with Gasteiger partial charge >= 0.3 is 5.97 Å². The van der Waals surface area contributed by atoms with Gasteiger partial charge in [0.25, 0.3) is 0 Å². The number of nitrogens with zero attached hydrogens (tertiary/aromatic N) is 3. The van der Waals surface area contributed by atoms with Crippen molar-refractivity contribution in [1.82, 2.24) is 20.2 Å². The monoisotopic (exact) mass is 252 g/mol. The number of carboxylic acid groups (broad SMARTS) is 1. The number of carbonyl (C=O) groups is 2. The molecule has 7 nitrogen and oxygen atoms in total. The van der Waals surface area contributed by atoms with E-state index in [0.29, 0.717) is 25.2 Å². The topological polar surface area (TPSA) is 95.4 Å². The zero-order chi connectivity index (χ0) is 13.5. The summed E-state index contributed by atoms with van der Waals surface area (Å²) in [6.45, 7) is 0.893. The summed E-state index contributed by atoms with van der Waals surface area (Å²) in [5, 5.41) is 11.5. The van der Waals surface area contributed by atoms with Crippen molar-refractivity contribution in [2.24, 2.45) is 0 Å². The van der Waals surface area contributed by atoms with E-state index < -0.39 is 5.97 Å². The molecular weight excluding hydrogens is 236 g/mol. The number of carbonyl (C=O) groups excluding carboxylic acids is 1. The van der Waals surface area contributed by atoms with E-state index in [4.69, 9.17) is 5.11 Å². The molecule has 98 valence electrons. The number of amides is 1. The Morgan fingerprint density at radius 3 is 2.83 bits per heavy atom. The second-order valence-corrected chi connectivity index (χ2v) is 3.85. The molecule has 0 unspecified atom stereocenters. The summed E-state index contributed by atoms with van der Waals surface area (Å²) < 4.78 is 0. The Hall–Kier alpha value is -2.02.